The second-order valence-corrected chi connectivity index (χ2v) is 8.71. The number of halogens is 1. The molecule has 0 fully saturated rings. The first kappa shape index (κ1) is 21.2. The fraction of sp³-hybridized carbons (Fsp3) is 0.318. The van der Waals surface area contributed by atoms with E-state index < -0.39 is 11.1 Å². The maximum absolute atomic E-state index is 13.7. The molecule has 9 heteroatoms. The lowest BCUT2D eigenvalue weighted by atomic mass is 9.88. The van der Waals surface area contributed by atoms with Gasteiger partial charge in [-0.15, -0.1) is 10.2 Å². The molecule has 0 saturated heterocycles. The quantitative estimate of drug-likeness (QED) is 0.431. The number of thioether (sulfide) groups is 1. The van der Waals surface area contributed by atoms with E-state index in [0.29, 0.717) is 11.0 Å². The molecule has 3 N–H and O–H groups in total. The third-order valence-corrected chi connectivity index (χ3v) is 6.32. The SMILES string of the molecule is C[C@H](Sc1nnc(COc2ccccc2F)n1N)C(=O)N[C@@H]1CCCc2ccccc21. The fourth-order valence-corrected chi connectivity index (χ4v) is 4.39. The molecular weight excluding hydrogens is 417 g/mol. The average Bonchev–Trinajstić information content (AvgIpc) is 3.12. The molecule has 7 nitrogen and oxygen atoms in total. The molecule has 4 rings (SSSR count). The number of ether oxygens (including phenoxy) is 1. The van der Waals surface area contributed by atoms with E-state index >= 15 is 0 Å². The summed E-state index contributed by atoms with van der Waals surface area (Å²) < 4.78 is 20.4. The van der Waals surface area contributed by atoms with Crippen LogP contribution in [0.25, 0.3) is 0 Å². The van der Waals surface area contributed by atoms with Crippen LogP contribution in [0, 0.1) is 5.82 Å². The molecule has 0 bridgehead atoms. The number of hydrogen-bond acceptors (Lipinski definition) is 6. The number of nitrogens with zero attached hydrogens (tertiary/aromatic N) is 3. The summed E-state index contributed by atoms with van der Waals surface area (Å²) in [6, 6.07) is 14.3. The monoisotopic (exact) mass is 441 g/mol. The van der Waals surface area contributed by atoms with E-state index in [-0.39, 0.29) is 24.3 Å². The molecule has 0 spiro atoms. The van der Waals surface area contributed by atoms with Gasteiger partial charge in [-0.2, -0.15) is 0 Å². The van der Waals surface area contributed by atoms with Gasteiger partial charge in [0.2, 0.25) is 11.1 Å². The highest BCUT2D eigenvalue weighted by Crippen LogP contribution is 2.30. The Balaban J connectivity index is 1.36. The molecular formula is C22H24FN5O2S. The van der Waals surface area contributed by atoms with Gasteiger partial charge < -0.3 is 15.9 Å². The Morgan fingerprint density at radius 3 is 2.90 bits per heavy atom. The molecule has 31 heavy (non-hydrogen) atoms. The van der Waals surface area contributed by atoms with Gasteiger partial charge in [0, 0.05) is 0 Å². The second-order valence-electron chi connectivity index (χ2n) is 7.40. The number of nitrogens with one attached hydrogen (secondary N) is 1. The number of rotatable bonds is 7. The maximum Gasteiger partial charge on any atom is 0.233 e. The van der Waals surface area contributed by atoms with E-state index in [0.717, 1.165) is 19.3 Å². The van der Waals surface area contributed by atoms with Crippen molar-refractivity contribution in [3.63, 3.8) is 0 Å². The van der Waals surface area contributed by atoms with Crippen molar-refractivity contribution in [2.75, 3.05) is 5.84 Å². The van der Waals surface area contributed by atoms with Crippen molar-refractivity contribution in [3.05, 3.63) is 71.3 Å². The first-order valence-corrected chi connectivity index (χ1v) is 11.0. The highest BCUT2D eigenvalue weighted by atomic mass is 32.2. The first-order valence-electron chi connectivity index (χ1n) is 10.1. The van der Waals surface area contributed by atoms with Gasteiger partial charge in [0.05, 0.1) is 11.3 Å². The predicted octanol–water partition coefficient (Wildman–Crippen LogP) is 3.38. The summed E-state index contributed by atoms with van der Waals surface area (Å²) in [5, 5.41) is 11.2. The van der Waals surface area contributed by atoms with Crippen LogP contribution in [0.15, 0.2) is 53.7 Å². The van der Waals surface area contributed by atoms with Crippen LogP contribution in [-0.2, 0) is 17.8 Å². The number of nitrogens with two attached hydrogens (primary N) is 1. The summed E-state index contributed by atoms with van der Waals surface area (Å²) in [7, 11) is 0. The topological polar surface area (TPSA) is 95.1 Å². The van der Waals surface area contributed by atoms with E-state index in [4.69, 9.17) is 10.6 Å². The Bertz CT molecular complexity index is 1070. The van der Waals surface area contributed by atoms with Crippen LogP contribution in [0.3, 0.4) is 0 Å². The van der Waals surface area contributed by atoms with Gasteiger partial charge in [0.1, 0.15) is 6.61 Å². The van der Waals surface area contributed by atoms with E-state index in [9.17, 15) is 9.18 Å². The summed E-state index contributed by atoms with van der Waals surface area (Å²) in [5.74, 6) is 5.96. The average molecular weight is 442 g/mol. The number of benzene rings is 2. The molecule has 1 amide bonds. The van der Waals surface area contributed by atoms with Crippen molar-refractivity contribution in [2.24, 2.45) is 0 Å². The van der Waals surface area contributed by atoms with Crippen molar-refractivity contribution in [2.45, 2.75) is 49.2 Å². The van der Waals surface area contributed by atoms with Crippen molar-refractivity contribution in [3.8, 4) is 5.75 Å². The number of hydrogen-bond donors (Lipinski definition) is 2. The molecule has 2 aromatic carbocycles. The Labute approximate surface area is 184 Å². The zero-order valence-corrected chi connectivity index (χ0v) is 17.9. The van der Waals surface area contributed by atoms with E-state index in [1.807, 2.05) is 12.1 Å². The summed E-state index contributed by atoms with van der Waals surface area (Å²) in [4.78, 5) is 12.8. The van der Waals surface area contributed by atoms with Gasteiger partial charge in [-0.1, -0.05) is 48.2 Å². The smallest absolute Gasteiger partial charge is 0.233 e. The molecule has 162 valence electrons. The molecule has 0 aliphatic heterocycles. The van der Waals surface area contributed by atoms with Gasteiger partial charge in [0.25, 0.3) is 0 Å². The minimum atomic E-state index is -0.463. The highest BCUT2D eigenvalue weighted by molar-refractivity contribution is 8.00. The van der Waals surface area contributed by atoms with Crippen LogP contribution in [-0.4, -0.2) is 26.0 Å². The Hall–Kier alpha value is -3.07. The summed E-state index contributed by atoms with van der Waals surface area (Å²) in [6.45, 7) is 1.77. The lowest BCUT2D eigenvalue weighted by Gasteiger charge is -2.27. The molecule has 1 aliphatic carbocycles. The fourth-order valence-electron chi connectivity index (χ4n) is 3.59. The standard InChI is InChI=1S/C22H24FN5O2S/c1-14(21(29)25-18-11-6-8-15-7-2-3-9-16(15)18)31-22-27-26-20(28(22)24)13-30-19-12-5-4-10-17(19)23/h2-5,7,9-10,12,14,18H,6,8,11,13,24H2,1H3,(H,25,29)/t14-,18+/m0/s1. The van der Waals surface area contributed by atoms with E-state index in [2.05, 4.69) is 27.6 Å². The van der Waals surface area contributed by atoms with Crippen molar-refractivity contribution >= 4 is 17.7 Å². The van der Waals surface area contributed by atoms with Crippen LogP contribution in [0.5, 0.6) is 5.75 Å². The van der Waals surface area contributed by atoms with Crippen LogP contribution < -0.4 is 15.9 Å². The van der Waals surface area contributed by atoms with Gasteiger partial charge in [-0.25, -0.2) is 9.07 Å². The number of carbonyl (C=O) groups is 1. The Morgan fingerprint density at radius 2 is 2.06 bits per heavy atom. The van der Waals surface area contributed by atoms with E-state index in [1.54, 1.807) is 19.1 Å². The molecule has 0 unspecified atom stereocenters. The first-order chi connectivity index (χ1) is 15.0. The third-order valence-electron chi connectivity index (χ3n) is 5.27. The van der Waals surface area contributed by atoms with Gasteiger partial charge in [-0.05, 0) is 49.4 Å². The number of aromatic nitrogens is 3. The highest BCUT2D eigenvalue weighted by Gasteiger charge is 2.25. The lowest BCUT2D eigenvalue weighted by molar-refractivity contribution is -0.121. The lowest BCUT2D eigenvalue weighted by Crippen LogP contribution is -2.36. The number of aryl methyl sites for hydroxylation is 1. The molecule has 1 aliphatic rings. The number of carbonyl (C=O) groups excluding carboxylic acids is 1. The molecule has 0 saturated carbocycles. The summed E-state index contributed by atoms with van der Waals surface area (Å²) >= 11 is 1.22. The largest absolute Gasteiger partial charge is 0.482 e. The molecule has 1 heterocycles. The van der Waals surface area contributed by atoms with Crippen molar-refractivity contribution in [1.29, 1.82) is 0 Å². The van der Waals surface area contributed by atoms with Crippen molar-refractivity contribution < 1.29 is 13.9 Å². The third kappa shape index (κ3) is 4.82. The molecule has 2 atom stereocenters. The van der Waals surface area contributed by atoms with Crippen molar-refractivity contribution in [1.82, 2.24) is 20.2 Å². The minimum Gasteiger partial charge on any atom is -0.482 e. The number of para-hydroxylation sites is 1. The Morgan fingerprint density at radius 1 is 1.29 bits per heavy atom. The van der Waals surface area contributed by atoms with Crippen LogP contribution in [0.2, 0.25) is 0 Å². The van der Waals surface area contributed by atoms with Gasteiger partial charge in [0.15, 0.2) is 17.4 Å². The summed E-state index contributed by atoms with van der Waals surface area (Å²) in [5.41, 5.74) is 2.48. The summed E-state index contributed by atoms with van der Waals surface area (Å²) in [6.07, 6.45) is 3.01. The number of fused-ring (bicyclic) bond motifs is 1. The molecule has 0 radical (unpaired) electrons. The Kier molecular flexibility index (Phi) is 6.41. The maximum atomic E-state index is 13.7. The normalized spacial score (nSPS) is 16.4. The minimum absolute atomic E-state index is 0.0148. The molecule has 3 aromatic rings. The number of amides is 1. The van der Waals surface area contributed by atoms with Crippen LogP contribution in [0.1, 0.15) is 42.8 Å². The zero-order valence-electron chi connectivity index (χ0n) is 17.1. The van der Waals surface area contributed by atoms with Crippen LogP contribution >= 0.6 is 11.8 Å². The number of nitrogen functional groups attached to an aromatic ring is 1. The molecule has 1 aromatic heterocycles. The van der Waals surface area contributed by atoms with Gasteiger partial charge in [-0.3, -0.25) is 4.79 Å². The van der Waals surface area contributed by atoms with E-state index in [1.165, 1.54) is 39.7 Å². The second kappa shape index (κ2) is 9.38. The van der Waals surface area contributed by atoms with Crippen LogP contribution in [0.4, 0.5) is 4.39 Å². The predicted molar refractivity (Wildman–Crippen MR) is 116 cm³/mol. The van der Waals surface area contributed by atoms with Gasteiger partial charge >= 0.3 is 0 Å². The zero-order chi connectivity index (χ0) is 21.8.